The van der Waals surface area contributed by atoms with Crippen LogP contribution in [0.1, 0.15) is 153 Å². The van der Waals surface area contributed by atoms with E-state index in [4.69, 9.17) is 17.0 Å². The topological polar surface area (TPSA) is 0 Å². The molecule has 6 aromatic carbocycles. The van der Waals surface area contributed by atoms with Gasteiger partial charge in [-0.05, 0) is 97.3 Å². The molecular formula is C58H76Cl2SiZr. The van der Waals surface area contributed by atoms with E-state index < -0.39 is 20.8 Å². The van der Waals surface area contributed by atoms with Crippen molar-refractivity contribution in [2.75, 3.05) is 0 Å². The first-order valence-electron chi connectivity index (χ1n) is 24.4. The summed E-state index contributed by atoms with van der Waals surface area (Å²) in [6.45, 7) is 13.5. The average molecular weight is 963 g/mol. The van der Waals surface area contributed by atoms with Crippen LogP contribution in [-0.4, -0.2) is 9.52 Å². The van der Waals surface area contributed by atoms with Gasteiger partial charge in [0.1, 0.15) is 0 Å². The number of fused-ring (bicyclic) bond motifs is 2. The third kappa shape index (κ3) is 14.4. The molecule has 0 bridgehead atoms. The molecule has 0 aliphatic heterocycles. The van der Waals surface area contributed by atoms with Crippen LogP contribution in [0.5, 0.6) is 0 Å². The van der Waals surface area contributed by atoms with Gasteiger partial charge in [-0.25, -0.2) is 0 Å². The fraction of sp³-hybridized carbons (Fsp3) is 0.483. The van der Waals surface area contributed by atoms with Crippen molar-refractivity contribution < 1.29 is 20.8 Å². The zero-order valence-corrected chi connectivity index (χ0v) is 44.3. The van der Waals surface area contributed by atoms with E-state index in [1.807, 2.05) is 0 Å². The second-order valence-electron chi connectivity index (χ2n) is 18.7. The molecule has 2 aliphatic carbocycles. The molecule has 0 atom stereocenters. The molecule has 0 nitrogen and oxygen atoms in total. The van der Waals surface area contributed by atoms with E-state index in [1.54, 1.807) is 11.1 Å². The normalized spacial score (nSPS) is 15.7. The van der Waals surface area contributed by atoms with Gasteiger partial charge in [0.05, 0.1) is 0 Å². The molecule has 330 valence electrons. The molecule has 2 aliphatic rings. The summed E-state index contributed by atoms with van der Waals surface area (Å²) in [6.07, 6.45) is 27.3. The van der Waals surface area contributed by atoms with E-state index in [0.29, 0.717) is 10.8 Å². The van der Waals surface area contributed by atoms with Crippen molar-refractivity contribution >= 4 is 48.1 Å². The van der Waals surface area contributed by atoms with Crippen molar-refractivity contribution in [1.29, 1.82) is 0 Å². The molecule has 2 fully saturated rings. The van der Waals surface area contributed by atoms with Crippen LogP contribution in [0, 0.1) is 10.8 Å². The van der Waals surface area contributed by atoms with Gasteiger partial charge in [-0.15, -0.1) is 69.1 Å². The minimum atomic E-state index is -0.826. The fourth-order valence-corrected chi connectivity index (χ4v) is 11.1. The Morgan fingerprint density at radius 2 is 0.855 bits per heavy atom. The number of aryl methyl sites for hydroxylation is 2. The molecule has 0 N–H and O–H groups in total. The van der Waals surface area contributed by atoms with Crippen LogP contribution in [0.4, 0.5) is 0 Å². The third-order valence-electron chi connectivity index (χ3n) is 14.0. The number of halogens is 2. The molecule has 4 heteroatoms. The van der Waals surface area contributed by atoms with Gasteiger partial charge in [0.15, 0.2) is 0 Å². The standard InChI is InChI=1S/2C28H35.C2H6Si.2ClH.Zr/c2*1-3-16-28(17-7-5-6-8-18-28)21-23-19-25-10-9-11-26(27(25)20-23)24-14-12-22(4-2)13-15-24;1-3-2;;;/h2*9-15,19-20H,3-8,16-18,21H2,1-2H3;1-2H3;2*1H;/q2*-1;;;;+4/p-2. The van der Waals surface area contributed by atoms with Crippen LogP contribution < -0.4 is 0 Å². The first-order chi connectivity index (χ1) is 30.3. The molecule has 0 unspecified atom stereocenters. The molecule has 2 radical (unpaired) electrons. The summed E-state index contributed by atoms with van der Waals surface area (Å²) in [7, 11) is 11.0. The van der Waals surface area contributed by atoms with Gasteiger partial charge in [0.25, 0.3) is 0 Å². The van der Waals surface area contributed by atoms with E-state index in [2.05, 4.69) is 150 Å². The maximum absolute atomic E-state index is 4.93. The molecule has 0 amide bonds. The Morgan fingerprint density at radius 3 is 1.16 bits per heavy atom. The van der Waals surface area contributed by atoms with Gasteiger partial charge in [-0.3, -0.25) is 0 Å². The minimum absolute atomic E-state index is 0.540. The molecule has 0 aromatic heterocycles. The Hall–Kier alpha value is -2.22. The van der Waals surface area contributed by atoms with Crippen molar-refractivity contribution in [3.8, 4) is 22.3 Å². The number of hydrogen-bond donors (Lipinski definition) is 0. The van der Waals surface area contributed by atoms with Gasteiger partial charge in [0, 0.05) is 9.52 Å². The zero-order valence-electron chi connectivity index (χ0n) is 39.3. The summed E-state index contributed by atoms with van der Waals surface area (Å²) in [5, 5.41) is 5.68. The number of benzene rings is 4. The monoisotopic (exact) mass is 960 g/mol. The quantitative estimate of drug-likeness (QED) is 0.0651. The summed E-state index contributed by atoms with van der Waals surface area (Å²) in [5.74, 6) is 0. The molecular weight excluding hydrogens is 887 g/mol. The number of rotatable bonds is 12. The van der Waals surface area contributed by atoms with Crippen LogP contribution in [-0.2, 0) is 46.5 Å². The second kappa shape index (κ2) is 26.7. The predicted octanol–water partition coefficient (Wildman–Crippen LogP) is 19.1. The van der Waals surface area contributed by atoms with E-state index in [-0.39, 0.29) is 0 Å². The SMILES string of the molecule is CCCC1(Cc2cc3c(-c4ccc(CC)cc4)cccc3[cH-]2)CCCCCC1.CCCC1(Cc2cc3c(-c4ccc(CC)cc4)cccc3[cH-]2)CCCCCC1.C[Si]C.[Cl][Zr+2][Cl]. The van der Waals surface area contributed by atoms with Crippen LogP contribution in [0.2, 0.25) is 13.1 Å². The maximum atomic E-state index is 4.93. The van der Waals surface area contributed by atoms with E-state index >= 15 is 0 Å². The molecule has 0 saturated heterocycles. The van der Waals surface area contributed by atoms with Gasteiger partial charge in [0.2, 0.25) is 0 Å². The van der Waals surface area contributed by atoms with E-state index in [9.17, 15) is 0 Å². The Bertz CT molecular complexity index is 1980. The van der Waals surface area contributed by atoms with Crippen molar-refractivity contribution in [2.45, 2.75) is 169 Å². The molecule has 6 aromatic rings. The van der Waals surface area contributed by atoms with Crippen molar-refractivity contribution in [3.63, 3.8) is 0 Å². The van der Waals surface area contributed by atoms with Crippen molar-refractivity contribution in [3.05, 3.63) is 131 Å². The van der Waals surface area contributed by atoms with Crippen molar-refractivity contribution in [2.24, 2.45) is 10.8 Å². The summed E-state index contributed by atoms with van der Waals surface area (Å²) < 4.78 is 0. The fourth-order valence-electron chi connectivity index (χ4n) is 11.1. The van der Waals surface area contributed by atoms with Crippen LogP contribution >= 0.6 is 17.0 Å². The summed E-state index contributed by atoms with van der Waals surface area (Å²) in [4.78, 5) is 0. The summed E-state index contributed by atoms with van der Waals surface area (Å²) in [6, 6.07) is 41.9. The first kappa shape index (κ1) is 50.8. The Balaban J connectivity index is 0.000000208. The summed E-state index contributed by atoms with van der Waals surface area (Å²) in [5.41, 5.74) is 12.5. The van der Waals surface area contributed by atoms with Gasteiger partial charge >= 0.3 is 37.9 Å². The van der Waals surface area contributed by atoms with Crippen LogP contribution in [0.15, 0.2) is 109 Å². The molecule has 2 saturated carbocycles. The predicted molar refractivity (Wildman–Crippen MR) is 275 cm³/mol. The van der Waals surface area contributed by atoms with E-state index in [1.165, 1.54) is 171 Å². The molecule has 62 heavy (non-hydrogen) atoms. The molecule has 8 rings (SSSR count). The second-order valence-corrected chi connectivity index (χ2v) is 23.4. The Labute approximate surface area is 399 Å². The van der Waals surface area contributed by atoms with E-state index in [0.717, 1.165) is 22.4 Å². The van der Waals surface area contributed by atoms with Gasteiger partial charge in [-0.1, -0.05) is 177 Å². The summed E-state index contributed by atoms with van der Waals surface area (Å²) >= 11 is -0.826. The van der Waals surface area contributed by atoms with Crippen LogP contribution in [0.25, 0.3) is 43.8 Å². The average Bonchev–Trinajstić information content (AvgIpc) is 3.72. The van der Waals surface area contributed by atoms with Crippen LogP contribution in [0.3, 0.4) is 0 Å². The first-order valence-corrected chi connectivity index (χ1v) is 32.7. The molecule has 0 spiro atoms. The third-order valence-corrected chi connectivity index (χ3v) is 14.0. The molecule has 0 heterocycles. The Morgan fingerprint density at radius 1 is 0.516 bits per heavy atom. The number of hydrogen-bond acceptors (Lipinski definition) is 0. The van der Waals surface area contributed by atoms with Gasteiger partial charge in [-0.2, -0.15) is 12.1 Å². The zero-order chi connectivity index (χ0) is 44.2. The Kier molecular flexibility index (Phi) is 21.8. The van der Waals surface area contributed by atoms with Crippen molar-refractivity contribution in [1.82, 2.24) is 0 Å². The van der Waals surface area contributed by atoms with Gasteiger partial charge < -0.3 is 0 Å².